The monoisotopic (exact) mass is 466 g/mol. The minimum atomic E-state index is 0.520. The molecular formula is C26H30N2O4S. The summed E-state index contributed by atoms with van der Waals surface area (Å²) in [6, 6.07) is 19.7. The molecule has 3 aromatic carbocycles. The van der Waals surface area contributed by atoms with Crippen molar-refractivity contribution in [3.05, 3.63) is 77.4 Å². The topological polar surface area (TPSA) is 52.2 Å². The first-order valence-corrected chi connectivity index (χ1v) is 10.9. The number of ether oxygens (including phenoxy) is 4. The number of anilines is 1. The van der Waals surface area contributed by atoms with Gasteiger partial charge >= 0.3 is 0 Å². The molecule has 0 fully saturated rings. The lowest BCUT2D eigenvalue weighted by atomic mass is 10.1. The van der Waals surface area contributed by atoms with E-state index >= 15 is 0 Å². The van der Waals surface area contributed by atoms with Crippen molar-refractivity contribution in [1.29, 1.82) is 0 Å². The molecule has 0 atom stereocenters. The maximum Gasteiger partial charge on any atom is 0.174 e. The fraction of sp³-hybridized carbons (Fsp3) is 0.269. The highest BCUT2D eigenvalue weighted by atomic mass is 32.1. The van der Waals surface area contributed by atoms with Crippen LogP contribution < -0.4 is 24.3 Å². The van der Waals surface area contributed by atoms with Crippen molar-refractivity contribution in [2.24, 2.45) is 0 Å². The maximum absolute atomic E-state index is 5.85. The average Bonchev–Trinajstić information content (AvgIpc) is 2.84. The molecule has 0 aromatic heterocycles. The van der Waals surface area contributed by atoms with Gasteiger partial charge in [0.2, 0.25) is 0 Å². The number of aryl methyl sites for hydroxylation is 1. The highest BCUT2D eigenvalue weighted by Crippen LogP contribution is 2.28. The van der Waals surface area contributed by atoms with Gasteiger partial charge in [0.05, 0.1) is 34.1 Å². The second kappa shape index (κ2) is 11.4. The van der Waals surface area contributed by atoms with Gasteiger partial charge in [0.25, 0.3) is 0 Å². The van der Waals surface area contributed by atoms with Crippen LogP contribution in [-0.2, 0) is 13.1 Å². The number of rotatable bonds is 9. The molecule has 0 saturated carbocycles. The van der Waals surface area contributed by atoms with Gasteiger partial charge in [0, 0.05) is 18.7 Å². The lowest BCUT2D eigenvalue weighted by Gasteiger charge is -2.27. The van der Waals surface area contributed by atoms with E-state index in [1.165, 1.54) is 0 Å². The predicted molar refractivity (Wildman–Crippen MR) is 136 cm³/mol. The molecule has 0 bridgehead atoms. The van der Waals surface area contributed by atoms with E-state index < -0.39 is 0 Å². The lowest BCUT2D eigenvalue weighted by Crippen LogP contribution is -2.34. The molecule has 0 saturated heterocycles. The van der Waals surface area contributed by atoms with Crippen molar-refractivity contribution in [2.75, 3.05) is 33.8 Å². The van der Waals surface area contributed by atoms with E-state index in [9.17, 15) is 0 Å². The molecule has 174 valence electrons. The summed E-state index contributed by atoms with van der Waals surface area (Å²) in [7, 11) is 6.62. The number of thiocarbonyl (C=S) groups is 1. The molecule has 0 aliphatic rings. The summed E-state index contributed by atoms with van der Waals surface area (Å²) < 4.78 is 21.9. The largest absolute Gasteiger partial charge is 0.497 e. The van der Waals surface area contributed by atoms with Gasteiger partial charge in [-0.2, -0.15) is 0 Å². The fourth-order valence-electron chi connectivity index (χ4n) is 3.46. The van der Waals surface area contributed by atoms with Crippen LogP contribution in [0.2, 0.25) is 0 Å². The Morgan fingerprint density at radius 1 is 0.758 bits per heavy atom. The summed E-state index contributed by atoms with van der Waals surface area (Å²) in [6.07, 6.45) is 0. The molecule has 0 aliphatic heterocycles. The Morgan fingerprint density at radius 2 is 1.42 bits per heavy atom. The molecule has 0 aliphatic carbocycles. The van der Waals surface area contributed by atoms with Crippen molar-refractivity contribution < 1.29 is 18.9 Å². The first kappa shape index (κ1) is 24.2. The second-order valence-corrected chi connectivity index (χ2v) is 7.90. The lowest BCUT2D eigenvalue weighted by molar-refractivity contribution is 0.372. The highest BCUT2D eigenvalue weighted by Gasteiger charge is 2.17. The van der Waals surface area contributed by atoms with Crippen LogP contribution in [0.3, 0.4) is 0 Å². The summed E-state index contributed by atoms with van der Waals surface area (Å²) in [5, 5.41) is 3.92. The Kier molecular flexibility index (Phi) is 8.38. The van der Waals surface area contributed by atoms with Crippen molar-refractivity contribution in [1.82, 2.24) is 4.90 Å². The predicted octanol–water partition coefficient (Wildman–Crippen LogP) is 5.43. The molecule has 0 radical (unpaired) electrons. The molecule has 3 aromatic rings. The van der Waals surface area contributed by atoms with E-state index in [1.807, 2.05) is 67.6 Å². The Hall–Kier alpha value is -3.45. The molecule has 7 heteroatoms. The van der Waals surface area contributed by atoms with Gasteiger partial charge in [-0.3, -0.25) is 0 Å². The van der Waals surface area contributed by atoms with E-state index in [1.54, 1.807) is 28.4 Å². The molecule has 6 nitrogen and oxygen atoms in total. The third-order valence-corrected chi connectivity index (χ3v) is 5.63. The zero-order valence-corrected chi connectivity index (χ0v) is 20.5. The maximum atomic E-state index is 5.85. The zero-order valence-electron chi connectivity index (χ0n) is 19.7. The van der Waals surface area contributed by atoms with Crippen LogP contribution in [0.4, 0.5) is 5.69 Å². The normalized spacial score (nSPS) is 10.3. The van der Waals surface area contributed by atoms with E-state index in [2.05, 4.69) is 10.2 Å². The number of benzene rings is 3. The SMILES string of the molecule is COc1ccc(CN(Cc2cc(OC)ccc2OC)C(=S)Nc2ccc(C)cc2OC)cc1. The van der Waals surface area contributed by atoms with Crippen LogP contribution in [-0.4, -0.2) is 38.5 Å². The third kappa shape index (κ3) is 6.29. The second-order valence-electron chi connectivity index (χ2n) is 7.52. The number of hydrogen-bond donors (Lipinski definition) is 1. The number of methoxy groups -OCH3 is 4. The van der Waals surface area contributed by atoms with Gasteiger partial charge in [-0.05, 0) is 72.7 Å². The number of hydrogen-bond acceptors (Lipinski definition) is 5. The summed E-state index contributed by atoms with van der Waals surface area (Å²) in [5.74, 6) is 3.08. The zero-order chi connectivity index (χ0) is 23.8. The molecule has 1 N–H and O–H groups in total. The molecule has 0 unspecified atom stereocenters. The van der Waals surface area contributed by atoms with Crippen LogP contribution in [0, 0.1) is 6.92 Å². The van der Waals surface area contributed by atoms with Gasteiger partial charge in [-0.15, -0.1) is 0 Å². The van der Waals surface area contributed by atoms with Crippen LogP contribution in [0.25, 0.3) is 0 Å². The Labute approximate surface area is 201 Å². The molecule has 3 rings (SSSR count). The average molecular weight is 467 g/mol. The molecule has 0 amide bonds. The minimum Gasteiger partial charge on any atom is -0.497 e. The van der Waals surface area contributed by atoms with Gasteiger partial charge in [0.1, 0.15) is 23.0 Å². The number of nitrogens with zero attached hydrogens (tertiary/aromatic N) is 1. The Morgan fingerprint density at radius 3 is 2.06 bits per heavy atom. The van der Waals surface area contributed by atoms with Crippen LogP contribution in [0.15, 0.2) is 60.7 Å². The first-order valence-electron chi connectivity index (χ1n) is 10.5. The highest BCUT2D eigenvalue weighted by molar-refractivity contribution is 7.80. The van der Waals surface area contributed by atoms with Crippen LogP contribution in [0.5, 0.6) is 23.0 Å². The summed E-state index contributed by atoms with van der Waals surface area (Å²) >= 11 is 5.85. The van der Waals surface area contributed by atoms with E-state index in [-0.39, 0.29) is 0 Å². The van der Waals surface area contributed by atoms with Crippen molar-refractivity contribution in [2.45, 2.75) is 20.0 Å². The van der Waals surface area contributed by atoms with Gasteiger partial charge in [-0.25, -0.2) is 0 Å². The molecular weight excluding hydrogens is 436 g/mol. The standard InChI is InChI=1S/C26H30N2O4S/c1-18-6-12-23(25(14-18)32-5)27-26(33)28(16-19-7-9-21(29-2)10-8-19)17-20-15-22(30-3)11-13-24(20)31-4/h6-15H,16-17H2,1-5H3,(H,27,33). The minimum absolute atomic E-state index is 0.520. The first-order chi connectivity index (χ1) is 16.0. The fourth-order valence-corrected chi connectivity index (χ4v) is 3.70. The molecule has 33 heavy (non-hydrogen) atoms. The summed E-state index contributed by atoms with van der Waals surface area (Å²) in [5.41, 5.74) is 3.98. The van der Waals surface area contributed by atoms with Crippen molar-refractivity contribution in [3.63, 3.8) is 0 Å². The quantitative estimate of drug-likeness (QED) is 0.422. The Bertz CT molecular complexity index is 1090. The third-order valence-electron chi connectivity index (χ3n) is 5.27. The van der Waals surface area contributed by atoms with Gasteiger partial charge in [-0.1, -0.05) is 18.2 Å². The van der Waals surface area contributed by atoms with E-state index in [0.29, 0.717) is 18.2 Å². The van der Waals surface area contributed by atoms with Crippen LogP contribution >= 0.6 is 12.2 Å². The molecule has 0 spiro atoms. The Balaban J connectivity index is 1.91. The summed E-state index contributed by atoms with van der Waals surface area (Å²) in [4.78, 5) is 2.08. The van der Waals surface area contributed by atoms with Gasteiger partial charge < -0.3 is 29.2 Å². The molecule has 0 heterocycles. The van der Waals surface area contributed by atoms with Crippen LogP contribution in [0.1, 0.15) is 16.7 Å². The van der Waals surface area contributed by atoms with Gasteiger partial charge in [0.15, 0.2) is 5.11 Å². The smallest absolute Gasteiger partial charge is 0.174 e. The van der Waals surface area contributed by atoms with E-state index in [0.717, 1.165) is 45.4 Å². The van der Waals surface area contributed by atoms with E-state index in [4.69, 9.17) is 31.2 Å². The summed E-state index contributed by atoms with van der Waals surface area (Å²) in [6.45, 7) is 3.13. The number of nitrogens with one attached hydrogen (secondary N) is 1. The van der Waals surface area contributed by atoms with Crippen molar-refractivity contribution in [3.8, 4) is 23.0 Å². The van der Waals surface area contributed by atoms with Crippen molar-refractivity contribution >= 4 is 23.0 Å².